The summed E-state index contributed by atoms with van der Waals surface area (Å²) in [5, 5.41) is 0. The molecule has 56 valence electrons. The van der Waals surface area contributed by atoms with Gasteiger partial charge in [-0.3, -0.25) is 0 Å². The fourth-order valence-corrected chi connectivity index (χ4v) is 0.543. The summed E-state index contributed by atoms with van der Waals surface area (Å²) in [5.41, 5.74) is 0. The summed E-state index contributed by atoms with van der Waals surface area (Å²) < 4.78 is 14.5. The number of ether oxygens (including phenoxy) is 2. The summed E-state index contributed by atoms with van der Waals surface area (Å²) in [5.74, 6) is 0.692. The molecule has 0 amide bonds. The summed E-state index contributed by atoms with van der Waals surface area (Å²) >= 11 is 0. The molecule has 1 aromatic heterocycles. The van der Waals surface area contributed by atoms with E-state index in [1.807, 2.05) is 0 Å². The Hall–Kier alpha value is -0.333. The second kappa shape index (κ2) is 6.38. The van der Waals surface area contributed by atoms with Crippen LogP contribution < -0.4 is 18.9 Å². The third kappa shape index (κ3) is 4.18. The van der Waals surface area contributed by atoms with E-state index < -0.39 is 0 Å². The second-order valence-corrected chi connectivity index (χ2v) is 1.71. The molecule has 0 unspecified atom stereocenters. The van der Waals surface area contributed by atoms with Crippen LogP contribution in [0.4, 0.5) is 0 Å². The minimum atomic E-state index is 0. The van der Waals surface area contributed by atoms with Crippen LogP contribution in [0.3, 0.4) is 0 Å². The molecule has 11 heavy (non-hydrogen) atoms. The van der Waals surface area contributed by atoms with Gasteiger partial charge < -0.3 is 13.9 Å². The van der Waals surface area contributed by atoms with E-state index in [0.29, 0.717) is 5.76 Å². The zero-order valence-corrected chi connectivity index (χ0v) is 6.74. The topological polar surface area (TPSA) is 31.6 Å². The quantitative estimate of drug-likeness (QED) is 0.223. The second-order valence-electron chi connectivity index (χ2n) is 1.71. The first-order valence-corrected chi connectivity index (χ1v) is 2.91. The Kier molecular flexibility index (Phi) is 6.19. The van der Waals surface area contributed by atoms with Gasteiger partial charge in [0, 0.05) is 7.11 Å². The van der Waals surface area contributed by atoms with E-state index in [1.165, 1.54) is 6.61 Å². The maximum absolute atomic E-state index is 4.94. The number of methoxy groups -OCH3 is 1. The first-order valence-electron chi connectivity index (χ1n) is 2.91. The third-order valence-electron chi connectivity index (χ3n) is 0.929. The van der Waals surface area contributed by atoms with Gasteiger partial charge in [-0.1, -0.05) is 6.61 Å². The van der Waals surface area contributed by atoms with E-state index in [2.05, 4.69) is 4.74 Å². The fraction of sp³-hybridized carbons (Fsp3) is 0.286. The Bertz CT molecular complexity index is 162. The van der Waals surface area contributed by atoms with Crippen LogP contribution in [-0.2, 0) is 9.47 Å². The first-order chi connectivity index (χ1) is 4.93. The maximum Gasteiger partial charge on any atom is 1.00 e. The standard InChI is InChI=1S/C7H9O3.Li/c1-8-6-9-5-7-3-2-4-10-7;/h2-5H,6H2,1H3;/q-1;+1. The van der Waals surface area contributed by atoms with Crippen LogP contribution in [0.1, 0.15) is 5.76 Å². The van der Waals surface area contributed by atoms with Crippen LogP contribution in [-0.4, -0.2) is 13.9 Å². The van der Waals surface area contributed by atoms with Crippen molar-refractivity contribution in [2.75, 3.05) is 13.9 Å². The van der Waals surface area contributed by atoms with Gasteiger partial charge in [-0.2, -0.15) is 6.07 Å². The molecule has 0 atom stereocenters. The molecule has 1 rings (SSSR count). The minimum Gasteiger partial charge on any atom is -0.502 e. The molecule has 0 aliphatic heterocycles. The van der Waals surface area contributed by atoms with Crippen molar-refractivity contribution in [2.24, 2.45) is 0 Å². The molecule has 0 bridgehead atoms. The van der Waals surface area contributed by atoms with Crippen molar-refractivity contribution in [1.29, 1.82) is 0 Å². The molecule has 1 aromatic rings. The Labute approximate surface area is 77.8 Å². The van der Waals surface area contributed by atoms with Crippen molar-refractivity contribution in [3.8, 4) is 0 Å². The SMILES string of the molecule is COCO[CH-]c1ccco1.[Li+]. The van der Waals surface area contributed by atoms with Gasteiger partial charge in [0.15, 0.2) is 0 Å². The van der Waals surface area contributed by atoms with Gasteiger partial charge in [0.05, 0.1) is 6.26 Å². The Morgan fingerprint density at radius 3 is 3.00 bits per heavy atom. The van der Waals surface area contributed by atoms with Crippen molar-refractivity contribution in [3.05, 3.63) is 30.8 Å². The summed E-state index contributed by atoms with van der Waals surface area (Å²) in [6.45, 7) is 1.75. The van der Waals surface area contributed by atoms with Crippen LogP contribution in [0.5, 0.6) is 0 Å². The molecule has 0 aliphatic carbocycles. The Morgan fingerprint density at radius 2 is 2.45 bits per heavy atom. The molecule has 0 saturated carbocycles. The van der Waals surface area contributed by atoms with Crippen molar-refractivity contribution < 1.29 is 32.8 Å². The van der Waals surface area contributed by atoms with Crippen LogP contribution in [0.25, 0.3) is 0 Å². The predicted octanol–water partition coefficient (Wildman–Crippen LogP) is -1.59. The molecule has 1 heterocycles. The van der Waals surface area contributed by atoms with Gasteiger partial charge >= 0.3 is 18.9 Å². The summed E-state index contributed by atoms with van der Waals surface area (Å²) in [4.78, 5) is 0. The largest absolute Gasteiger partial charge is 1.00 e. The molecular weight excluding hydrogens is 139 g/mol. The van der Waals surface area contributed by atoms with Crippen LogP contribution >= 0.6 is 0 Å². The smallest absolute Gasteiger partial charge is 0.502 e. The zero-order chi connectivity index (χ0) is 7.23. The van der Waals surface area contributed by atoms with E-state index in [1.54, 1.807) is 25.5 Å². The van der Waals surface area contributed by atoms with E-state index in [4.69, 9.17) is 9.15 Å². The number of hydrogen-bond donors (Lipinski definition) is 0. The van der Waals surface area contributed by atoms with E-state index in [9.17, 15) is 0 Å². The van der Waals surface area contributed by atoms with Gasteiger partial charge in [0.2, 0.25) is 0 Å². The summed E-state index contributed by atoms with van der Waals surface area (Å²) in [6, 6.07) is 3.59. The van der Waals surface area contributed by atoms with Gasteiger partial charge in [-0.05, 0) is 5.76 Å². The monoisotopic (exact) mass is 148 g/mol. The number of hydrogen-bond acceptors (Lipinski definition) is 3. The van der Waals surface area contributed by atoms with Gasteiger partial charge in [-0.25, -0.2) is 0 Å². The van der Waals surface area contributed by atoms with Crippen LogP contribution in [0, 0.1) is 6.61 Å². The molecule has 0 aromatic carbocycles. The van der Waals surface area contributed by atoms with Crippen molar-refractivity contribution >= 4 is 0 Å². The maximum atomic E-state index is 4.94. The third-order valence-corrected chi connectivity index (χ3v) is 0.929. The molecule has 0 saturated heterocycles. The molecule has 0 spiro atoms. The fourth-order valence-electron chi connectivity index (χ4n) is 0.543. The van der Waals surface area contributed by atoms with Crippen molar-refractivity contribution in [3.63, 3.8) is 0 Å². The summed E-state index contributed by atoms with van der Waals surface area (Å²) in [7, 11) is 1.57. The number of rotatable bonds is 4. The van der Waals surface area contributed by atoms with Gasteiger partial charge in [0.25, 0.3) is 0 Å². The minimum absolute atomic E-state index is 0. The van der Waals surface area contributed by atoms with E-state index >= 15 is 0 Å². The molecule has 0 aliphatic rings. The predicted molar refractivity (Wildman–Crippen MR) is 35.1 cm³/mol. The van der Waals surface area contributed by atoms with Crippen LogP contribution in [0.2, 0.25) is 0 Å². The molecule has 0 radical (unpaired) electrons. The van der Waals surface area contributed by atoms with Gasteiger partial charge in [-0.15, -0.1) is 6.07 Å². The normalized spacial score (nSPS) is 8.82. The zero-order valence-electron chi connectivity index (χ0n) is 6.74. The van der Waals surface area contributed by atoms with E-state index in [0.717, 1.165) is 0 Å². The molecular formula is C7H9LiO3. The van der Waals surface area contributed by atoms with Crippen LogP contribution in [0.15, 0.2) is 22.8 Å². The summed E-state index contributed by atoms with van der Waals surface area (Å²) in [6.07, 6.45) is 1.59. The van der Waals surface area contributed by atoms with Gasteiger partial charge in [0.1, 0.15) is 6.79 Å². The molecule has 4 heteroatoms. The Balaban J connectivity index is 0.000001000. The Morgan fingerprint density at radius 1 is 1.64 bits per heavy atom. The molecule has 3 nitrogen and oxygen atoms in total. The average molecular weight is 148 g/mol. The van der Waals surface area contributed by atoms with Crippen molar-refractivity contribution in [2.45, 2.75) is 0 Å². The molecule has 0 fully saturated rings. The average Bonchev–Trinajstić information content (AvgIpc) is 2.41. The number of furan rings is 1. The molecule has 0 N–H and O–H groups in total. The van der Waals surface area contributed by atoms with Crippen molar-refractivity contribution in [1.82, 2.24) is 0 Å². The first kappa shape index (κ1) is 10.7. The van der Waals surface area contributed by atoms with E-state index in [-0.39, 0.29) is 25.7 Å².